The van der Waals surface area contributed by atoms with Gasteiger partial charge in [0.15, 0.2) is 0 Å². The number of aliphatic carboxylic acids is 1. The maximum absolute atomic E-state index is 12.3. The van der Waals surface area contributed by atoms with Crippen molar-refractivity contribution in [2.24, 2.45) is 0 Å². The van der Waals surface area contributed by atoms with E-state index in [2.05, 4.69) is 4.18 Å². The second-order valence-electron chi connectivity index (χ2n) is 3.82. The van der Waals surface area contributed by atoms with Crippen molar-refractivity contribution in [1.82, 2.24) is 0 Å². The average Bonchev–Trinajstić information content (AvgIpc) is 2.38. The minimum absolute atomic E-state index is 0.0287. The van der Waals surface area contributed by atoms with Gasteiger partial charge < -0.3 is 9.29 Å². The predicted molar refractivity (Wildman–Crippen MR) is 67.3 cm³/mol. The van der Waals surface area contributed by atoms with Gasteiger partial charge in [-0.2, -0.15) is 21.6 Å². The molecule has 0 spiro atoms. The first-order chi connectivity index (χ1) is 9.60. The molecule has 0 bridgehead atoms. The molecular weight excluding hydrogens is 313 g/mol. The highest BCUT2D eigenvalue weighted by Crippen LogP contribution is 2.30. The van der Waals surface area contributed by atoms with Crippen LogP contribution in [0.4, 0.5) is 13.2 Å². The molecule has 116 valence electrons. The Hall–Kier alpha value is -2.03. The Morgan fingerprint density at radius 2 is 1.76 bits per heavy atom. The van der Waals surface area contributed by atoms with Crippen molar-refractivity contribution in [1.29, 1.82) is 0 Å². The molecule has 5 nitrogen and oxygen atoms in total. The van der Waals surface area contributed by atoms with Crippen LogP contribution in [-0.4, -0.2) is 25.0 Å². The fourth-order valence-electron chi connectivity index (χ4n) is 1.51. The smallest absolute Gasteiger partial charge is 0.475 e. The Balaban J connectivity index is 3.41. The summed E-state index contributed by atoms with van der Waals surface area (Å²) in [5.41, 5.74) is -5.60. The van der Waals surface area contributed by atoms with Crippen LogP contribution in [0.15, 0.2) is 36.1 Å². The average molecular weight is 324 g/mol. The molecule has 0 atom stereocenters. The molecule has 0 heterocycles. The summed E-state index contributed by atoms with van der Waals surface area (Å²) in [6.07, 6.45) is -0.0287. The van der Waals surface area contributed by atoms with Gasteiger partial charge >= 0.3 is 21.6 Å². The molecule has 1 aromatic carbocycles. The predicted octanol–water partition coefficient (Wildman–Crippen LogP) is 2.76. The molecular formula is C12H11F3O5S. The number of carboxylic acid groups (broad SMARTS) is 1. The van der Waals surface area contributed by atoms with Crippen LogP contribution in [0, 0.1) is 0 Å². The molecule has 1 N–H and O–H groups in total. The number of benzene rings is 1. The summed E-state index contributed by atoms with van der Waals surface area (Å²) in [5.74, 6) is -3.16. The van der Waals surface area contributed by atoms with E-state index in [1.54, 1.807) is 6.07 Å². The summed E-state index contributed by atoms with van der Waals surface area (Å²) in [6.45, 7) is 1.47. The van der Waals surface area contributed by atoms with Crippen LogP contribution in [0.2, 0.25) is 0 Å². The van der Waals surface area contributed by atoms with Crippen molar-refractivity contribution in [3.63, 3.8) is 0 Å². The van der Waals surface area contributed by atoms with Crippen LogP contribution in [0.5, 0.6) is 0 Å². The Morgan fingerprint density at radius 1 is 1.24 bits per heavy atom. The Kier molecular flexibility index (Phi) is 5.00. The van der Waals surface area contributed by atoms with Crippen LogP contribution in [-0.2, 0) is 19.1 Å². The van der Waals surface area contributed by atoms with E-state index >= 15 is 0 Å². The zero-order valence-corrected chi connectivity index (χ0v) is 11.5. The lowest BCUT2D eigenvalue weighted by atomic mass is 10.0. The molecule has 0 aliphatic heterocycles. The molecule has 0 amide bonds. The zero-order chi connectivity index (χ0) is 16.3. The number of hydrogen-bond donors (Lipinski definition) is 1. The van der Waals surface area contributed by atoms with Gasteiger partial charge in [0.05, 0.1) is 0 Å². The first-order valence-corrected chi connectivity index (χ1v) is 7.03. The van der Waals surface area contributed by atoms with E-state index in [0.29, 0.717) is 0 Å². The largest absolute Gasteiger partial charge is 0.534 e. The number of halogens is 3. The molecule has 0 aliphatic carbocycles. The van der Waals surface area contributed by atoms with Gasteiger partial charge in [-0.1, -0.05) is 37.3 Å². The third-order valence-electron chi connectivity index (χ3n) is 2.42. The molecule has 0 radical (unpaired) electrons. The fourth-order valence-corrected chi connectivity index (χ4v) is 1.99. The van der Waals surface area contributed by atoms with E-state index in [9.17, 15) is 26.4 Å². The van der Waals surface area contributed by atoms with Crippen LogP contribution in [0.3, 0.4) is 0 Å². The SMILES string of the molecule is CCC(=C(OS(=O)(=O)C(F)(F)F)C(=O)O)c1ccccc1. The van der Waals surface area contributed by atoms with Crippen molar-refractivity contribution in [3.05, 3.63) is 41.7 Å². The Bertz CT molecular complexity index is 647. The number of carboxylic acids is 1. The molecule has 1 rings (SSSR count). The van der Waals surface area contributed by atoms with Gasteiger partial charge in [-0.05, 0) is 12.0 Å². The second kappa shape index (κ2) is 6.17. The fraction of sp³-hybridized carbons (Fsp3) is 0.250. The molecule has 0 fully saturated rings. The lowest BCUT2D eigenvalue weighted by Gasteiger charge is -2.13. The molecule has 0 saturated heterocycles. The van der Waals surface area contributed by atoms with E-state index < -0.39 is 27.4 Å². The van der Waals surface area contributed by atoms with Crippen LogP contribution < -0.4 is 0 Å². The van der Waals surface area contributed by atoms with Gasteiger partial charge in [0.1, 0.15) is 0 Å². The molecule has 0 unspecified atom stereocenters. The van der Waals surface area contributed by atoms with Crippen molar-refractivity contribution >= 4 is 21.7 Å². The number of rotatable bonds is 5. The monoisotopic (exact) mass is 324 g/mol. The van der Waals surface area contributed by atoms with Crippen molar-refractivity contribution in [2.45, 2.75) is 18.9 Å². The highest BCUT2D eigenvalue weighted by Gasteiger charge is 2.49. The van der Waals surface area contributed by atoms with Gasteiger partial charge in [0.25, 0.3) is 0 Å². The third-order valence-corrected chi connectivity index (χ3v) is 3.37. The summed E-state index contributed by atoms with van der Waals surface area (Å²) in [7, 11) is -6.04. The van der Waals surface area contributed by atoms with Gasteiger partial charge in [0.2, 0.25) is 5.76 Å². The number of carbonyl (C=O) groups is 1. The zero-order valence-electron chi connectivity index (χ0n) is 10.7. The maximum Gasteiger partial charge on any atom is 0.534 e. The number of allylic oxidation sites excluding steroid dienone is 1. The molecule has 1 aromatic rings. The van der Waals surface area contributed by atoms with E-state index in [1.807, 2.05) is 0 Å². The summed E-state index contributed by atoms with van der Waals surface area (Å²) in [5, 5.41) is 8.95. The summed E-state index contributed by atoms with van der Waals surface area (Å²) in [6, 6.07) is 7.55. The molecule has 0 aromatic heterocycles. The van der Waals surface area contributed by atoms with E-state index in [1.165, 1.54) is 31.2 Å². The second-order valence-corrected chi connectivity index (χ2v) is 5.35. The van der Waals surface area contributed by atoms with Crippen LogP contribution in [0.25, 0.3) is 5.57 Å². The topological polar surface area (TPSA) is 80.7 Å². The quantitative estimate of drug-likeness (QED) is 0.390. The van der Waals surface area contributed by atoms with Crippen LogP contribution >= 0.6 is 0 Å². The van der Waals surface area contributed by atoms with Gasteiger partial charge in [-0.3, -0.25) is 0 Å². The van der Waals surface area contributed by atoms with Gasteiger partial charge in [0, 0.05) is 5.57 Å². The van der Waals surface area contributed by atoms with Crippen molar-refractivity contribution < 1.29 is 35.7 Å². The maximum atomic E-state index is 12.3. The molecule has 21 heavy (non-hydrogen) atoms. The van der Waals surface area contributed by atoms with E-state index in [0.717, 1.165) is 0 Å². The molecule has 9 heteroatoms. The highest BCUT2D eigenvalue weighted by atomic mass is 32.2. The van der Waals surface area contributed by atoms with Crippen molar-refractivity contribution in [2.75, 3.05) is 0 Å². The first-order valence-electron chi connectivity index (χ1n) is 5.62. The molecule has 0 saturated carbocycles. The summed E-state index contributed by atoms with van der Waals surface area (Å²) >= 11 is 0. The third kappa shape index (κ3) is 3.97. The number of hydrogen-bond acceptors (Lipinski definition) is 4. The first kappa shape index (κ1) is 17.0. The Morgan fingerprint density at radius 3 is 2.14 bits per heavy atom. The lowest BCUT2D eigenvalue weighted by molar-refractivity contribution is -0.135. The van der Waals surface area contributed by atoms with Gasteiger partial charge in [-0.25, -0.2) is 4.79 Å². The summed E-state index contributed by atoms with van der Waals surface area (Å²) in [4.78, 5) is 11.1. The van der Waals surface area contributed by atoms with E-state index in [4.69, 9.17) is 5.11 Å². The lowest BCUT2D eigenvalue weighted by Crippen LogP contribution is -2.27. The standard InChI is InChI=1S/C12H11F3O5S/c1-2-9(8-6-4-3-5-7-8)10(11(16)17)20-21(18,19)12(13,14)15/h3-7H,2H2,1H3,(H,16,17). The minimum atomic E-state index is -6.04. The van der Waals surface area contributed by atoms with Crippen LogP contribution in [0.1, 0.15) is 18.9 Å². The highest BCUT2D eigenvalue weighted by molar-refractivity contribution is 7.87. The van der Waals surface area contributed by atoms with Gasteiger partial charge in [-0.15, -0.1) is 0 Å². The molecule has 0 aliphatic rings. The van der Waals surface area contributed by atoms with Crippen molar-refractivity contribution in [3.8, 4) is 0 Å². The minimum Gasteiger partial charge on any atom is -0.475 e. The number of alkyl halides is 3. The van der Waals surface area contributed by atoms with E-state index in [-0.39, 0.29) is 17.6 Å². The Labute approximate surface area is 118 Å². The summed E-state index contributed by atoms with van der Waals surface area (Å²) < 4.78 is 62.6. The normalized spacial score (nSPS) is 13.5.